The van der Waals surface area contributed by atoms with Crippen molar-refractivity contribution in [2.75, 3.05) is 0 Å². The fraction of sp³-hybridized carbons (Fsp3) is 0.143. The largest absolute Gasteiger partial charge is 0.447 e. The third-order valence-electron chi connectivity index (χ3n) is 2.78. The summed E-state index contributed by atoms with van der Waals surface area (Å²) in [6.45, 7) is 1.37. The van der Waals surface area contributed by atoms with E-state index in [9.17, 15) is 24.0 Å². The molecular formula is C14H11F2NO4. The fourth-order valence-electron chi connectivity index (χ4n) is 1.79. The van der Waals surface area contributed by atoms with Crippen molar-refractivity contribution in [1.82, 2.24) is 0 Å². The fourth-order valence-corrected chi connectivity index (χ4v) is 1.79. The molecule has 0 aliphatic heterocycles. The van der Waals surface area contributed by atoms with Crippen LogP contribution >= 0.6 is 0 Å². The third kappa shape index (κ3) is 3.14. The molecule has 0 bridgehead atoms. The molecule has 2 aromatic rings. The number of ether oxygens (including phenoxy) is 1. The maximum absolute atomic E-state index is 13.7. The van der Waals surface area contributed by atoms with Gasteiger partial charge in [-0.3, -0.25) is 10.1 Å². The Kier molecular flexibility index (Phi) is 4.13. The second kappa shape index (κ2) is 5.84. The van der Waals surface area contributed by atoms with Crippen LogP contribution in [0.15, 0.2) is 36.4 Å². The van der Waals surface area contributed by atoms with E-state index in [1.54, 1.807) is 0 Å². The average molecular weight is 295 g/mol. The molecule has 0 heterocycles. The Balaban J connectivity index is 2.51. The molecule has 0 unspecified atom stereocenters. The normalized spacial score (nSPS) is 12.0. The van der Waals surface area contributed by atoms with Gasteiger partial charge in [-0.05, 0) is 31.2 Å². The van der Waals surface area contributed by atoms with Crippen LogP contribution < -0.4 is 4.74 Å². The van der Waals surface area contributed by atoms with Crippen LogP contribution in [0.25, 0.3) is 0 Å². The van der Waals surface area contributed by atoms with Crippen molar-refractivity contribution >= 4 is 5.69 Å². The van der Waals surface area contributed by atoms with E-state index in [-0.39, 0.29) is 11.3 Å². The van der Waals surface area contributed by atoms with Crippen molar-refractivity contribution < 1.29 is 23.5 Å². The van der Waals surface area contributed by atoms with Crippen molar-refractivity contribution in [3.05, 3.63) is 63.7 Å². The zero-order valence-corrected chi connectivity index (χ0v) is 10.9. The van der Waals surface area contributed by atoms with E-state index in [1.807, 2.05) is 0 Å². The lowest BCUT2D eigenvalue weighted by Crippen LogP contribution is -2.00. The smallest absolute Gasteiger partial charge is 0.314 e. The van der Waals surface area contributed by atoms with Gasteiger partial charge in [-0.15, -0.1) is 0 Å². The Labute approximate surface area is 118 Å². The van der Waals surface area contributed by atoms with Gasteiger partial charge in [0.2, 0.25) is 5.75 Å². The molecule has 0 aliphatic rings. The number of halogens is 2. The van der Waals surface area contributed by atoms with Crippen molar-refractivity contribution in [2.24, 2.45) is 0 Å². The molecule has 0 aromatic heterocycles. The lowest BCUT2D eigenvalue weighted by molar-refractivity contribution is -0.385. The minimum Gasteiger partial charge on any atom is -0.447 e. The number of nitro benzene ring substituents is 1. The number of benzene rings is 2. The minimum atomic E-state index is -1.08. The highest BCUT2D eigenvalue weighted by Gasteiger charge is 2.22. The molecule has 0 radical (unpaired) electrons. The summed E-state index contributed by atoms with van der Waals surface area (Å²) in [6.07, 6.45) is -1.08. The van der Waals surface area contributed by atoms with Gasteiger partial charge in [0.25, 0.3) is 0 Å². The van der Waals surface area contributed by atoms with E-state index in [4.69, 9.17) is 4.74 Å². The van der Waals surface area contributed by atoms with Gasteiger partial charge in [0, 0.05) is 11.6 Å². The van der Waals surface area contributed by atoms with E-state index < -0.39 is 34.1 Å². The summed E-state index contributed by atoms with van der Waals surface area (Å²) in [4.78, 5) is 10.1. The lowest BCUT2D eigenvalue weighted by Gasteiger charge is -2.13. The van der Waals surface area contributed by atoms with Crippen molar-refractivity contribution in [3.8, 4) is 11.5 Å². The van der Waals surface area contributed by atoms with Crippen LogP contribution in [-0.4, -0.2) is 10.0 Å². The molecule has 0 spiro atoms. The molecule has 5 nitrogen and oxygen atoms in total. The molecule has 0 fully saturated rings. The van der Waals surface area contributed by atoms with Crippen molar-refractivity contribution in [3.63, 3.8) is 0 Å². The Morgan fingerprint density at radius 1 is 1.29 bits per heavy atom. The van der Waals surface area contributed by atoms with E-state index in [0.29, 0.717) is 0 Å². The first-order valence-electron chi connectivity index (χ1n) is 5.98. The molecule has 0 saturated carbocycles. The predicted molar refractivity (Wildman–Crippen MR) is 70.2 cm³/mol. The number of rotatable bonds is 4. The topological polar surface area (TPSA) is 72.6 Å². The number of nitro groups is 1. The summed E-state index contributed by atoms with van der Waals surface area (Å²) < 4.78 is 32.1. The number of hydrogen-bond acceptors (Lipinski definition) is 4. The summed E-state index contributed by atoms with van der Waals surface area (Å²) in [6, 6.07) is 6.52. The molecule has 2 aromatic carbocycles. The SMILES string of the molecule is C[C@H](O)c1cc(F)ccc1Oc1c(F)cccc1[N+](=O)[O-]. The van der Waals surface area contributed by atoms with Gasteiger partial charge in [0.15, 0.2) is 5.82 Å². The standard InChI is InChI=1S/C14H11F2NO4/c1-8(18)10-7-9(15)5-6-13(10)21-14-11(16)3-2-4-12(14)17(19)20/h2-8,18H,1H3/t8-/m0/s1. The second-order valence-corrected chi connectivity index (χ2v) is 4.31. The number of hydrogen-bond donors (Lipinski definition) is 1. The van der Waals surface area contributed by atoms with Gasteiger partial charge in [-0.2, -0.15) is 0 Å². The highest BCUT2D eigenvalue weighted by atomic mass is 19.1. The van der Waals surface area contributed by atoms with Crippen molar-refractivity contribution in [2.45, 2.75) is 13.0 Å². The maximum Gasteiger partial charge on any atom is 0.314 e. The molecule has 0 amide bonds. The third-order valence-corrected chi connectivity index (χ3v) is 2.78. The molecule has 0 aliphatic carbocycles. The van der Waals surface area contributed by atoms with Crippen LogP contribution in [0.5, 0.6) is 11.5 Å². The highest BCUT2D eigenvalue weighted by Crippen LogP contribution is 2.36. The Morgan fingerprint density at radius 3 is 2.62 bits per heavy atom. The summed E-state index contributed by atoms with van der Waals surface area (Å²) in [5, 5.41) is 20.5. The van der Waals surface area contributed by atoms with Crippen LogP contribution in [-0.2, 0) is 0 Å². The molecule has 0 saturated heterocycles. The molecule has 21 heavy (non-hydrogen) atoms. The predicted octanol–water partition coefficient (Wildman–Crippen LogP) is 3.72. The number of para-hydroxylation sites is 1. The first-order chi connectivity index (χ1) is 9.90. The minimum absolute atomic E-state index is 0.0559. The second-order valence-electron chi connectivity index (χ2n) is 4.31. The van der Waals surface area contributed by atoms with Crippen LogP contribution in [0.4, 0.5) is 14.5 Å². The maximum atomic E-state index is 13.7. The summed E-state index contributed by atoms with van der Waals surface area (Å²) in [7, 11) is 0. The number of aliphatic hydroxyl groups excluding tert-OH is 1. The Morgan fingerprint density at radius 2 is 2.00 bits per heavy atom. The van der Waals surface area contributed by atoms with E-state index in [2.05, 4.69) is 0 Å². The summed E-state index contributed by atoms with van der Waals surface area (Å²) in [5.41, 5.74) is -0.497. The van der Waals surface area contributed by atoms with Gasteiger partial charge in [-0.1, -0.05) is 6.07 Å². The van der Waals surface area contributed by atoms with Crippen LogP contribution in [0.3, 0.4) is 0 Å². The zero-order chi connectivity index (χ0) is 15.6. The van der Waals surface area contributed by atoms with Crippen molar-refractivity contribution in [1.29, 1.82) is 0 Å². The highest BCUT2D eigenvalue weighted by molar-refractivity contribution is 5.50. The molecule has 110 valence electrons. The molecule has 2 rings (SSSR count). The zero-order valence-electron chi connectivity index (χ0n) is 10.9. The quantitative estimate of drug-likeness (QED) is 0.689. The molecular weight excluding hydrogens is 284 g/mol. The van der Waals surface area contributed by atoms with Gasteiger partial charge in [0.05, 0.1) is 11.0 Å². The van der Waals surface area contributed by atoms with E-state index in [1.165, 1.54) is 19.1 Å². The molecule has 1 N–H and O–H groups in total. The van der Waals surface area contributed by atoms with E-state index in [0.717, 1.165) is 24.3 Å². The van der Waals surface area contributed by atoms with E-state index >= 15 is 0 Å². The lowest BCUT2D eigenvalue weighted by atomic mass is 10.1. The van der Waals surface area contributed by atoms with Gasteiger partial charge < -0.3 is 9.84 Å². The summed E-state index contributed by atoms with van der Waals surface area (Å²) >= 11 is 0. The van der Waals surface area contributed by atoms with Crippen LogP contribution in [0.2, 0.25) is 0 Å². The molecule has 1 atom stereocenters. The van der Waals surface area contributed by atoms with Gasteiger partial charge in [0.1, 0.15) is 11.6 Å². The Bertz CT molecular complexity index is 689. The Hall–Kier alpha value is -2.54. The van der Waals surface area contributed by atoms with Gasteiger partial charge in [-0.25, -0.2) is 8.78 Å². The van der Waals surface area contributed by atoms with Crippen LogP contribution in [0.1, 0.15) is 18.6 Å². The summed E-state index contributed by atoms with van der Waals surface area (Å²) in [5.74, 6) is -2.18. The van der Waals surface area contributed by atoms with Crippen LogP contribution in [0, 0.1) is 21.7 Å². The first kappa shape index (κ1) is 14.9. The average Bonchev–Trinajstić information content (AvgIpc) is 2.42. The number of aliphatic hydroxyl groups is 1. The molecule has 7 heteroatoms. The first-order valence-corrected chi connectivity index (χ1v) is 5.98. The monoisotopic (exact) mass is 295 g/mol. The van der Waals surface area contributed by atoms with Gasteiger partial charge >= 0.3 is 5.69 Å². The number of nitrogens with zero attached hydrogens (tertiary/aromatic N) is 1.